The zero-order valence-corrected chi connectivity index (χ0v) is 15.9. The Bertz CT molecular complexity index is 689. The molecule has 2 fully saturated rings. The van der Waals surface area contributed by atoms with Crippen molar-refractivity contribution in [2.45, 2.75) is 44.9 Å². The van der Waals surface area contributed by atoms with Gasteiger partial charge in [-0.05, 0) is 63.1 Å². The number of hydrogen-bond donors (Lipinski definition) is 1. The molecule has 2 aliphatic rings. The van der Waals surface area contributed by atoms with Crippen LogP contribution in [0.1, 0.15) is 55.3 Å². The molecule has 27 heavy (non-hydrogen) atoms. The molecule has 3 rings (SSSR count). The van der Waals surface area contributed by atoms with Gasteiger partial charge in [0.1, 0.15) is 0 Å². The van der Waals surface area contributed by atoms with E-state index in [2.05, 4.69) is 5.32 Å². The average Bonchev–Trinajstić information content (AvgIpc) is 2.73. The molecule has 2 amide bonds. The summed E-state index contributed by atoms with van der Waals surface area (Å²) >= 11 is 0. The van der Waals surface area contributed by atoms with Crippen molar-refractivity contribution in [2.24, 2.45) is 11.8 Å². The summed E-state index contributed by atoms with van der Waals surface area (Å²) in [6.07, 6.45) is 6.43. The number of carbonyl (C=O) groups excluding carboxylic acids is 3. The molecule has 0 atom stereocenters. The molecule has 6 nitrogen and oxygen atoms in total. The number of hydrogen-bond acceptors (Lipinski definition) is 4. The summed E-state index contributed by atoms with van der Waals surface area (Å²) in [5, 5.41) is 2.90. The van der Waals surface area contributed by atoms with Crippen molar-refractivity contribution in [1.29, 1.82) is 0 Å². The van der Waals surface area contributed by atoms with Crippen LogP contribution in [0.25, 0.3) is 0 Å². The van der Waals surface area contributed by atoms with Crippen LogP contribution in [0, 0.1) is 11.8 Å². The predicted molar refractivity (Wildman–Crippen MR) is 102 cm³/mol. The van der Waals surface area contributed by atoms with Gasteiger partial charge < -0.3 is 15.0 Å². The molecule has 146 valence electrons. The van der Waals surface area contributed by atoms with Crippen LogP contribution >= 0.6 is 0 Å². The van der Waals surface area contributed by atoms with Gasteiger partial charge in [-0.25, -0.2) is 4.79 Å². The lowest BCUT2D eigenvalue weighted by Crippen LogP contribution is -2.41. The largest absolute Gasteiger partial charge is 0.465 e. The van der Waals surface area contributed by atoms with E-state index in [1.165, 1.54) is 13.5 Å². The van der Waals surface area contributed by atoms with Crippen LogP contribution in [0.5, 0.6) is 0 Å². The fraction of sp³-hybridized carbons (Fsp3) is 0.571. The Morgan fingerprint density at radius 2 is 1.67 bits per heavy atom. The molecule has 1 saturated heterocycles. The second kappa shape index (κ2) is 9.02. The third-order valence-corrected chi connectivity index (χ3v) is 5.67. The molecule has 1 N–H and O–H groups in total. The molecular weight excluding hydrogens is 344 g/mol. The first kappa shape index (κ1) is 19.4. The Hall–Kier alpha value is -2.37. The van der Waals surface area contributed by atoms with Gasteiger partial charge in [0.2, 0.25) is 11.8 Å². The summed E-state index contributed by atoms with van der Waals surface area (Å²) in [5.74, 6) is -0.213. The molecule has 1 saturated carbocycles. The van der Waals surface area contributed by atoms with Crippen molar-refractivity contribution in [3.63, 3.8) is 0 Å². The van der Waals surface area contributed by atoms with Gasteiger partial charge in [-0.1, -0.05) is 6.07 Å². The molecule has 0 spiro atoms. The summed E-state index contributed by atoms with van der Waals surface area (Å²) in [6, 6.07) is 6.75. The highest BCUT2D eigenvalue weighted by Crippen LogP contribution is 2.31. The lowest BCUT2D eigenvalue weighted by molar-refractivity contribution is -0.138. The first-order valence-corrected chi connectivity index (χ1v) is 9.86. The topological polar surface area (TPSA) is 75.7 Å². The van der Waals surface area contributed by atoms with Crippen LogP contribution in [-0.4, -0.2) is 42.9 Å². The summed E-state index contributed by atoms with van der Waals surface area (Å²) in [5.41, 5.74) is 1.00. The maximum absolute atomic E-state index is 12.6. The van der Waals surface area contributed by atoms with E-state index in [0.29, 0.717) is 11.3 Å². The summed E-state index contributed by atoms with van der Waals surface area (Å²) in [6.45, 7) is 1.77. The van der Waals surface area contributed by atoms with Gasteiger partial charge >= 0.3 is 5.97 Å². The molecule has 0 unspecified atom stereocenters. The summed E-state index contributed by atoms with van der Waals surface area (Å²) in [7, 11) is 1.33. The predicted octanol–water partition coefficient (Wildman–Crippen LogP) is 3.23. The van der Waals surface area contributed by atoms with Crippen molar-refractivity contribution in [3.05, 3.63) is 29.8 Å². The van der Waals surface area contributed by atoms with Gasteiger partial charge in [0, 0.05) is 30.6 Å². The zero-order chi connectivity index (χ0) is 19.2. The SMILES string of the molecule is COC(=O)c1cccc(NC(=O)C2CCC(C(=O)N3CCCCC3)CC2)c1. The van der Waals surface area contributed by atoms with Crippen LogP contribution in [0.4, 0.5) is 5.69 Å². The molecule has 6 heteroatoms. The van der Waals surface area contributed by atoms with Crippen LogP contribution in [0.3, 0.4) is 0 Å². The first-order chi connectivity index (χ1) is 13.1. The Morgan fingerprint density at radius 3 is 2.33 bits per heavy atom. The Labute approximate surface area is 160 Å². The minimum absolute atomic E-state index is 0.0408. The van der Waals surface area contributed by atoms with Gasteiger partial charge in [-0.15, -0.1) is 0 Å². The van der Waals surface area contributed by atoms with E-state index in [9.17, 15) is 14.4 Å². The molecule has 1 heterocycles. The van der Waals surface area contributed by atoms with Crippen molar-refractivity contribution < 1.29 is 19.1 Å². The maximum atomic E-state index is 12.6. The number of amides is 2. The number of piperidine rings is 1. The molecule has 0 aromatic heterocycles. The van der Waals surface area contributed by atoms with E-state index in [4.69, 9.17) is 4.74 Å². The fourth-order valence-electron chi connectivity index (χ4n) is 4.06. The number of ether oxygens (including phenoxy) is 1. The number of anilines is 1. The lowest BCUT2D eigenvalue weighted by atomic mass is 9.80. The van der Waals surface area contributed by atoms with Gasteiger partial charge in [0.25, 0.3) is 0 Å². The van der Waals surface area contributed by atoms with Gasteiger partial charge in [0.15, 0.2) is 0 Å². The molecule has 0 bridgehead atoms. The Kier molecular flexibility index (Phi) is 6.48. The van der Waals surface area contributed by atoms with Gasteiger partial charge in [-0.2, -0.15) is 0 Å². The monoisotopic (exact) mass is 372 g/mol. The number of benzene rings is 1. The molecule has 1 aromatic rings. The highest BCUT2D eigenvalue weighted by Gasteiger charge is 2.32. The van der Waals surface area contributed by atoms with Crippen molar-refractivity contribution in [1.82, 2.24) is 4.90 Å². The quantitative estimate of drug-likeness (QED) is 0.824. The van der Waals surface area contributed by atoms with E-state index >= 15 is 0 Å². The van der Waals surface area contributed by atoms with E-state index in [-0.39, 0.29) is 23.7 Å². The summed E-state index contributed by atoms with van der Waals surface area (Å²) in [4.78, 5) is 38.8. The van der Waals surface area contributed by atoms with Gasteiger partial charge in [-0.3, -0.25) is 9.59 Å². The van der Waals surface area contributed by atoms with E-state index < -0.39 is 5.97 Å². The minimum Gasteiger partial charge on any atom is -0.465 e. The number of methoxy groups -OCH3 is 1. The molecule has 0 radical (unpaired) electrons. The number of rotatable bonds is 4. The van der Waals surface area contributed by atoms with Crippen LogP contribution in [-0.2, 0) is 14.3 Å². The van der Waals surface area contributed by atoms with Crippen molar-refractivity contribution >= 4 is 23.5 Å². The lowest BCUT2D eigenvalue weighted by Gasteiger charge is -2.33. The third-order valence-electron chi connectivity index (χ3n) is 5.67. The minimum atomic E-state index is -0.428. The molecule has 1 aliphatic heterocycles. The van der Waals surface area contributed by atoms with E-state index in [1.807, 2.05) is 4.90 Å². The molecular formula is C21H28N2O4. The Balaban J connectivity index is 1.51. The standard InChI is InChI=1S/C21H28N2O4/c1-27-21(26)17-6-5-7-18(14-17)22-19(24)15-8-10-16(11-9-15)20(25)23-12-3-2-4-13-23/h5-7,14-16H,2-4,8-13H2,1H3,(H,22,24). The number of likely N-dealkylation sites (tertiary alicyclic amines) is 1. The van der Waals surface area contributed by atoms with Crippen molar-refractivity contribution in [2.75, 3.05) is 25.5 Å². The smallest absolute Gasteiger partial charge is 0.337 e. The second-order valence-corrected chi connectivity index (χ2v) is 7.50. The molecule has 1 aromatic carbocycles. The Morgan fingerprint density at radius 1 is 1.00 bits per heavy atom. The van der Waals surface area contributed by atoms with E-state index in [1.54, 1.807) is 24.3 Å². The molecule has 1 aliphatic carbocycles. The fourth-order valence-corrected chi connectivity index (χ4v) is 4.06. The number of esters is 1. The highest BCUT2D eigenvalue weighted by atomic mass is 16.5. The second-order valence-electron chi connectivity index (χ2n) is 7.50. The van der Waals surface area contributed by atoms with Crippen LogP contribution in [0.2, 0.25) is 0 Å². The van der Waals surface area contributed by atoms with Gasteiger partial charge in [0.05, 0.1) is 12.7 Å². The normalized spacial score (nSPS) is 22.8. The zero-order valence-electron chi connectivity index (χ0n) is 15.9. The maximum Gasteiger partial charge on any atom is 0.337 e. The van der Waals surface area contributed by atoms with E-state index in [0.717, 1.165) is 51.6 Å². The number of carbonyl (C=O) groups is 3. The van der Waals surface area contributed by atoms with Crippen LogP contribution < -0.4 is 5.32 Å². The highest BCUT2D eigenvalue weighted by molar-refractivity contribution is 5.95. The van der Waals surface area contributed by atoms with Crippen LogP contribution in [0.15, 0.2) is 24.3 Å². The third kappa shape index (κ3) is 4.87. The number of nitrogens with one attached hydrogen (secondary N) is 1. The van der Waals surface area contributed by atoms with Crippen molar-refractivity contribution in [3.8, 4) is 0 Å². The average molecular weight is 372 g/mol. The summed E-state index contributed by atoms with van der Waals surface area (Å²) < 4.78 is 4.71. The first-order valence-electron chi connectivity index (χ1n) is 9.86. The number of nitrogens with zero attached hydrogens (tertiary/aromatic N) is 1.